The highest BCUT2D eigenvalue weighted by atomic mass is 32.1. The Kier molecular flexibility index (Phi) is 9.46. The van der Waals surface area contributed by atoms with Gasteiger partial charge in [0.15, 0.2) is 11.4 Å². The van der Waals surface area contributed by atoms with Crippen molar-refractivity contribution in [3.63, 3.8) is 0 Å². The van der Waals surface area contributed by atoms with E-state index < -0.39 is 11.9 Å². The Hall–Kier alpha value is -4.78. The molecule has 0 amide bonds. The lowest BCUT2D eigenvalue weighted by molar-refractivity contribution is 0.0388. The normalized spacial score (nSPS) is 17.3. The quantitative estimate of drug-likeness (QED) is 0.107. The summed E-state index contributed by atoms with van der Waals surface area (Å²) in [6, 6.07) is 3.96. The maximum Gasteiger partial charge on any atom is 0.358 e. The summed E-state index contributed by atoms with van der Waals surface area (Å²) in [5.41, 5.74) is 5.83. The highest BCUT2D eigenvalue weighted by Crippen LogP contribution is 2.38. The zero-order valence-electron chi connectivity index (χ0n) is 28.4. The predicted molar refractivity (Wildman–Crippen MR) is 198 cm³/mol. The van der Waals surface area contributed by atoms with Gasteiger partial charge in [-0.05, 0) is 37.8 Å². The highest BCUT2D eigenvalue weighted by molar-refractivity contribution is 7.15. The number of terminal acetylenes is 2. The van der Waals surface area contributed by atoms with E-state index >= 15 is 0 Å². The van der Waals surface area contributed by atoms with Crippen molar-refractivity contribution in [3.05, 3.63) is 67.1 Å². The maximum atomic E-state index is 13.3. The van der Waals surface area contributed by atoms with Gasteiger partial charge in [-0.25, -0.2) is 19.6 Å². The summed E-state index contributed by atoms with van der Waals surface area (Å²) in [5, 5.41) is 0. The number of hydrogen-bond donors (Lipinski definition) is 0. The van der Waals surface area contributed by atoms with Crippen LogP contribution in [-0.2, 0) is 22.6 Å². The number of thiophene rings is 2. The van der Waals surface area contributed by atoms with Crippen LogP contribution < -0.4 is 0 Å². The zero-order chi connectivity index (χ0) is 34.9. The van der Waals surface area contributed by atoms with Crippen molar-refractivity contribution in [1.29, 1.82) is 0 Å². The smallest absolute Gasteiger partial charge is 0.358 e. The van der Waals surface area contributed by atoms with Gasteiger partial charge in [-0.3, -0.25) is 19.1 Å². The molecular formula is C39H38N6O4S2. The van der Waals surface area contributed by atoms with E-state index in [0.29, 0.717) is 42.7 Å². The number of aromatic nitrogens is 4. The second-order valence-electron chi connectivity index (χ2n) is 13.5. The van der Waals surface area contributed by atoms with Crippen LogP contribution in [-0.4, -0.2) is 55.7 Å². The Morgan fingerprint density at radius 3 is 1.55 bits per heavy atom. The van der Waals surface area contributed by atoms with Crippen LogP contribution in [0.3, 0.4) is 0 Å². The number of aliphatic imine (C=N–C) groups is 2. The molecule has 6 heterocycles. The molecule has 2 fully saturated rings. The molecule has 0 spiro atoms. The van der Waals surface area contributed by atoms with Crippen molar-refractivity contribution in [3.8, 4) is 36.1 Å². The fourth-order valence-corrected chi connectivity index (χ4v) is 9.90. The van der Waals surface area contributed by atoms with E-state index in [1.807, 2.05) is 21.3 Å². The predicted octanol–water partition coefficient (Wildman–Crippen LogP) is 7.31. The molecule has 0 atom stereocenters. The molecule has 8 rings (SSSR count). The summed E-state index contributed by atoms with van der Waals surface area (Å²) in [6.45, 7) is 0.782. The van der Waals surface area contributed by atoms with Crippen molar-refractivity contribution in [2.45, 2.75) is 83.7 Å². The van der Waals surface area contributed by atoms with Gasteiger partial charge in [-0.1, -0.05) is 50.4 Å². The second-order valence-corrected chi connectivity index (χ2v) is 15.6. The molecule has 2 aliphatic heterocycles. The van der Waals surface area contributed by atoms with E-state index in [9.17, 15) is 9.59 Å². The fourth-order valence-electron chi connectivity index (χ4n) is 7.81. The summed E-state index contributed by atoms with van der Waals surface area (Å²) >= 11 is 3.15. The third-order valence-corrected chi connectivity index (χ3v) is 12.5. The number of hydrogen-bond acceptors (Lipinski definition) is 10. The molecule has 0 bridgehead atoms. The van der Waals surface area contributed by atoms with Crippen LogP contribution in [0.2, 0.25) is 0 Å². The van der Waals surface area contributed by atoms with E-state index in [1.165, 1.54) is 38.5 Å². The van der Waals surface area contributed by atoms with Gasteiger partial charge in [0, 0.05) is 18.3 Å². The first-order valence-corrected chi connectivity index (χ1v) is 19.4. The Morgan fingerprint density at radius 2 is 1.14 bits per heavy atom. The van der Waals surface area contributed by atoms with E-state index in [2.05, 4.69) is 21.8 Å². The molecule has 10 nitrogen and oxygen atoms in total. The van der Waals surface area contributed by atoms with E-state index in [1.54, 1.807) is 35.3 Å². The molecule has 2 saturated carbocycles. The monoisotopic (exact) mass is 718 g/mol. The molecule has 4 aliphatic rings. The molecule has 260 valence electrons. The lowest BCUT2D eigenvalue weighted by Gasteiger charge is -2.23. The summed E-state index contributed by atoms with van der Waals surface area (Å²) in [7, 11) is 0. The van der Waals surface area contributed by atoms with Gasteiger partial charge >= 0.3 is 11.9 Å². The van der Waals surface area contributed by atoms with Gasteiger partial charge < -0.3 is 9.47 Å². The van der Waals surface area contributed by atoms with Crippen molar-refractivity contribution in [2.24, 2.45) is 21.8 Å². The third kappa shape index (κ3) is 6.36. The van der Waals surface area contributed by atoms with Crippen molar-refractivity contribution in [2.75, 3.05) is 13.2 Å². The van der Waals surface area contributed by atoms with Crippen LogP contribution in [0.25, 0.3) is 11.4 Å². The average molecular weight is 719 g/mol. The number of ether oxygens (including phenoxy) is 2. The molecule has 51 heavy (non-hydrogen) atoms. The minimum atomic E-state index is -0.538. The maximum absolute atomic E-state index is 13.3. The van der Waals surface area contributed by atoms with E-state index in [-0.39, 0.29) is 24.6 Å². The number of fused-ring (bicyclic) bond motifs is 6. The first kappa shape index (κ1) is 33.4. The number of nitrogens with zero attached hydrogens (tertiary/aromatic N) is 6. The van der Waals surface area contributed by atoms with Crippen LogP contribution in [0.15, 0.2) is 34.8 Å². The molecule has 4 aromatic heterocycles. The molecule has 0 unspecified atom stereocenters. The average Bonchev–Trinajstić information content (AvgIpc) is 3.95. The number of carbonyl (C=O) groups is 2. The van der Waals surface area contributed by atoms with Gasteiger partial charge in [0.05, 0.1) is 80.0 Å². The molecule has 12 heteroatoms. The summed E-state index contributed by atoms with van der Waals surface area (Å²) < 4.78 is 15.1. The SMILES string of the molecule is C#Cc1cc2c(s1)C(C1CCCCC1)=NCc1c(C(=O)OCCCOC(=O)c3ncn4c3CN=C(C3CCCCC3)c3sc(C#C)cc3-4)ncn1-2. The van der Waals surface area contributed by atoms with Gasteiger partial charge in [0.1, 0.15) is 12.7 Å². The zero-order valence-corrected chi connectivity index (χ0v) is 30.0. The number of imidazole rings is 2. The van der Waals surface area contributed by atoms with Gasteiger partial charge in [0.2, 0.25) is 0 Å². The first-order chi connectivity index (χ1) is 25.0. The van der Waals surface area contributed by atoms with Crippen molar-refractivity contribution < 1.29 is 19.1 Å². The van der Waals surface area contributed by atoms with Crippen molar-refractivity contribution in [1.82, 2.24) is 19.1 Å². The van der Waals surface area contributed by atoms with Gasteiger partial charge in [-0.15, -0.1) is 35.5 Å². The Morgan fingerprint density at radius 1 is 0.706 bits per heavy atom. The van der Waals surface area contributed by atoms with Crippen LogP contribution >= 0.6 is 22.7 Å². The lowest BCUT2D eigenvalue weighted by Crippen LogP contribution is -2.18. The summed E-state index contributed by atoms with van der Waals surface area (Å²) in [5.74, 6) is 5.23. The van der Waals surface area contributed by atoms with Crippen LogP contribution in [0, 0.1) is 36.5 Å². The molecule has 0 radical (unpaired) electrons. The van der Waals surface area contributed by atoms with Gasteiger partial charge in [0.25, 0.3) is 0 Å². The number of carbonyl (C=O) groups excluding carboxylic acids is 2. The minimum absolute atomic E-state index is 0.0589. The fraction of sp³-hybridized carbons (Fsp3) is 0.436. The van der Waals surface area contributed by atoms with Crippen molar-refractivity contribution >= 4 is 46.0 Å². The standard InChI is InChI=1S/C39H38N6O4S2/c1-3-26-18-28-36(50-26)32(24-12-7-5-8-13-24)40-20-30-34(42-22-44(28)30)38(46)48-16-11-17-49-39(47)35-31-21-41-33(25-14-9-6-10-15-25)37-29(45(31)23-43-35)19-27(4-2)51-37/h1-2,18-19,22-25H,5-17,20-21H2. The molecule has 0 N–H and O–H groups in total. The van der Waals surface area contributed by atoms with Crippen LogP contribution in [0.1, 0.15) is 123 Å². The summed E-state index contributed by atoms with van der Waals surface area (Å²) in [4.78, 5) is 49.2. The molecule has 0 aromatic carbocycles. The lowest BCUT2D eigenvalue weighted by atomic mass is 9.85. The largest absolute Gasteiger partial charge is 0.461 e. The topological polar surface area (TPSA) is 113 Å². The van der Waals surface area contributed by atoms with Gasteiger partial charge in [-0.2, -0.15) is 0 Å². The van der Waals surface area contributed by atoms with E-state index in [0.717, 1.165) is 68.0 Å². The number of esters is 2. The second kappa shape index (κ2) is 14.5. The Labute approximate surface area is 305 Å². The molecular weight excluding hydrogens is 681 g/mol. The van der Waals surface area contributed by atoms with Crippen LogP contribution in [0.5, 0.6) is 0 Å². The highest BCUT2D eigenvalue weighted by Gasteiger charge is 2.32. The first-order valence-electron chi connectivity index (χ1n) is 17.8. The number of rotatable bonds is 8. The Bertz CT molecular complexity index is 1990. The molecule has 4 aromatic rings. The Balaban J connectivity index is 0.913. The van der Waals surface area contributed by atoms with Crippen LogP contribution in [0.4, 0.5) is 0 Å². The minimum Gasteiger partial charge on any atom is -0.461 e. The summed E-state index contributed by atoms with van der Waals surface area (Å²) in [6.07, 6.45) is 26.9. The molecule has 2 aliphatic carbocycles. The molecule has 0 saturated heterocycles. The van der Waals surface area contributed by atoms with E-state index in [4.69, 9.17) is 32.3 Å². The third-order valence-electron chi connectivity index (χ3n) is 10.4.